The molecule has 0 spiro atoms. The van der Waals surface area contributed by atoms with E-state index in [4.69, 9.17) is 0 Å². The fourth-order valence-electron chi connectivity index (χ4n) is 1.25. The smallest absolute Gasteiger partial charge is 0.240 e. The lowest BCUT2D eigenvalue weighted by Gasteiger charge is -2.09. The van der Waals surface area contributed by atoms with Gasteiger partial charge in [0.05, 0.1) is 0 Å². The van der Waals surface area contributed by atoms with Gasteiger partial charge in [0.25, 0.3) is 0 Å². The van der Waals surface area contributed by atoms with Crippen molar-refractivity contribution in [1.29, 1.82) is 0 Å². The number of hydrogen-bond donors (Lipinski definition) is 0. The summed E-state index contributed by atoms with van der Waals surface area (Å²) in [5.74, 6) is 0.105. The van der Waals surface area contributed by atoms with Gasteiger partial charge in [-0.25, -0.2) is 4.98 Å². The Bertz CT molecular complexity index is 321. The van der Waals surface area contributed by atoms with Crippen molar-refractivity contribution in [2.45, 2.75) is 37.2 Å². The maximum atomic E-state index is 12.3. The molecule has 2 atom stereocenters. The van der Waals surface area contributed by atoms with Crippen LogP contribution in [0.5, 0.6) is 0 Å². The fraction of sp³-hybridized carbons (Fsp3) is 0.667. The number of halogens is 4. The second kappa shape index (κ2) is 4.82. The Morgan fingerprint density at radius 1 is 1.47 bits per heavy atom. The average Bonchev–Trinajstić information content (AvgIpc) is 2.48. The van der Waals surface area contributed by atoms with Crippen LogP contribution in [-0.2, 0) is 6.18 Å². The maximum absolute atomic E-state index is 12.3. The average molecular weight is 302 g/mol. The first-order valence-electron chi connectivity index (χ1n) is 4.47. The summed E-state index contributed by atoms with van der Waals surface area (Å²) in [5, 5.41) is -0.758. The van der Waals surface area contributed by atoms with Crippen molar-refractivity contribution in [2.75, 3.05) is 0 Å². The highest BCUT2D eigenvalue weighted by Gasteiger charge is 2.34. The van der Waals surface area contributed by atoms with Gasteiger partial charge < -0.3 is 0 Å². The molecule has 0 N–H and O–H groups in total. The van der Waals surface area contributed by atoms with Crippen LogP contribution in [0.25, 0.3) is 0 Å². The summed E-state index contributed by atoms with van der Waals surface area (Å²) in [6.45, 7) is 3.88. The molecule has 1 aromatic heterocycles. The molecular weight excluding hydrogens is 291 g/mol. The normalized spacial score (nSPS) is 16.4. The van der Waals surface area contributed by atoms with Crippen molar-refractivity contribution in [3.8, 4) is 0 Å². The molecular formula is C9H11BrF3NS. The highest BCUT2D eigenvalue weighted by molar-refractivity contribution is 9.09. The molecule has 0 saturated carbocycles. The van der Waals surface area contributed by atoms with E-state index in [0.717, 1.165) is 17.8 Å². The van der Waals surface area contributed by atoms with Gasteiger partial charge in [0.15, 0.2) is 5.01 Å². The van der Waals surface area contributed by atoms with Crippen LogP contribution >= 0.6 is 27.3 Å². The first kappa shape index (κ1) is 13.0. The number of rotatable bonds is 3. The first-order valence-corrected chi connectivity index (χ1v) is 6.21. The molecule has 0 radical (unpaired) electrons. The topological polar surface area (TPSA) is 12.9 Å². The molecule has 1 nitrogen and oxygen atoms in total. The van der Waals surface area contributed by atoms with Crippen molar-refractivity contribution in [2.24, 2.45) is 0 Å². The van der Waals surface area contributed by atoms with E-state index in [1.165, 1.54) is 6.20 Å². The van der Waals surface area contributed by atoms with Crippen LogP contribution in [-0.4, -0.2) is 9.81 Å². The van der Waals surface area contributed by atoms with Crippen molar-refractivity contribution < 1.29 is 13.2 Å². The third kappa shape index (κ3) is 3.75. The molecule has 0 aliphatic heterocycles. The highest BCUT2D eigenvalue weighted by Crippen LogP contribution is 2.36. The van der Waals surface area contributed by atoms with Gasteiger partial charge in [0.2, 0.25) is 0 Å². The van der Waals surface area contributed by atoms with E-state index < -0.39 is 11.2 Å². The van der Waals surface area contributed by atoms with Gasteiger partial charge in [-0.1, -0.05) is 29.8 Å². The van der Waals surface area contributed by atoms with Crippen molar-refractivity contribution in [3.05, 3.63) is 16.1 Å². The third-order valence-electron chi connectivity index (χ3n) is 1.93. The second-order valence-electron chi connectivity index (χ2n) is 3.48. The second-order valence-corrected chi connectivity index (χ2v) is 6.11. The highest BCUT2D eigenvalue weighted by atomic mass is 79.9. The van der Waals surface area contributed by atoms with E-state index >= 15 is 0 Å². The van der Waals surface area contributed by atoms with Crippen molar-refractivity contribution in [3.63, 3.8) is 0 Å². The minimum Gasteiger partial charge on any atom is -0.240 e. The molecule has 0 fully saturated rings. The van der Waals surface area contributed by atoms with Crippen LogP contribution in [0, 0.1) is 0 Å². The predicted molar refractivity (Wildman–Crippen MR) is 58.5 cm³/mol. The van der Waals surface area contributed by atoms with Crippen LogP contribution in [0.3, 0.4) is 0 Å². The Morgan fingerprint density at radius 2 is 2.07 bits per heavy atom. The zero-order valence-electron chi connectivity index (χ0n) is 8.31. The van der Waals surface area contributed by atoms with Gasteiger partial charge in [-0.15, -0.1) is 11.3 Å². The predicted octanol–water partition coefficient (Wildman–Crippen LogP) is 4.44. The van der Waals surface area contributed by atoms with E-state index in [9.17, 15) is 13.2 Å². The monoisotopic (exact) mass is 301 g/mol. The lowest BCUT2D eigenvalue weighted by molar-refractivity contribution is -0.137. The Morgan fingerprint density at radius 3 is 2.47 bits per heavy atom. The zero-order valence-corrected chi connectivity index (χ0v) is 10.7. The zero-order chi connectivity index (χ0) is 11.6. The van der Waals surface area contributed by atoms with Gasteiger partial charge >= 0.3 is 6.18 Å². The number of thiazole rings is 1. The number of hydrogen-bond acceptors (Lipinski definition) is 2. The molecule has 1 heterocycles. The van der Waals surface area contributed by atoms with Crippen molar-refractivity contribution >= 4 is 27.3 Å². The molecule has 0 aliphatic carbocycles. The SMILES string of the molecule is CC(Br)CC(C)c1cnc(C(F)(F)F)s1. The number of alkyl halides is 4. The van der Waals surface area contributed by atoms with Gasteiger partial charge in [0, 0.05) is 15.9 Å². The molecule has 6 heteroatoms. The molecule has 15 heavy (non-hydrogen) atoms. The summed E-state index contributed by atoms with van der Waals surface area (Å²) in [6, 6.07) is 0. The molecule has 0 amide bonds. The summed E-state index contributed by atoms with van der Waals surface area (Å²) in [4.78, 5) is 4.38. The quantitative estimate of drug-likeness (QED) is 0.752. The summed E-state index contributed by atoms with van der Waals surface area (Å²) in [6.07, 6.45) is -2.18. The van der Waals surface area contributed by atoms with Crippen LogP contribution in [0.4, 0.5) is 13.2 Å². The summed E-state index contributed by atoms with van der Waals surface area (Å²) < 4.78 is 36.8. The molecule has 2 unspecified atom stereocenters. The van der Waals surface area contributed by atoms with E-state index in [1.54, 1.807) is 0 Å². The third-order valence-corrected chi connectivity index (χ3v) is 3.58. The van der Waals surface area contributed by atoms with E-state index in [0.29, 0.717) is 9.70 Å². The van der Waals surface area contributed by atoms with Crippen LogP contribution in [0.15, 0.2) is 6.20 Å². The van der Waals surface area contributed by atoms with E-state index in [1.807, 2.05) is 13.8 Å². The minimum atomic E-state index is -4.32. The maximum Gasteiger partial charge on any atom is 0.443 e. The Kier molecular flexibility index (Phi) is 4.17. The molecule has 0 aliphatic rings. The van der Waals surface area contributed by atoms with E-state index in [2.05, 4.69) is 20.9 Å². The largest absolute Gasteiger partial charge is 0.443 e. The Labute approximate surface area is 98.8 Å². The molecule has 0 bridgehead atoms. The van der Waals surface area contributed by atoms with Crippen LogP contribution in [0.1, 0.15) is 36.1 Å². The minimum absolute atomic E-state index is 0.105. The first-order chi connectivity index (χ1) is 6.80. The summed E-state index contributed by atoms with van der Waals surface area (Å²) in [7, 11) is 0. The number of aromatic nitrogens is 1. The molecule has 86 valence electrons. The van der Waals surface area contributed by atoms with Crippen molar-refractivity contribution in [1.82, 2.24) is 4.98 Å². The van der Waals surface area contributed by atoms with Gasteiger partial charge in [0.1, 0.15) is 0 Å². The summed E-state index contributed by atoms with van der Waals surface area (Å²) >= 11 is 4.11. The van der Waals surface area contributed by atoms with Gasteiger partial charge in [-0.05, 0) is 12.3 Å². The fourth-order valence-corrected chi connectivity index (χ4v) is 2.66. The molecule has 0 saturated heterocycles. The molecule has 1 rings (SSSR count). The number of nitrogens with zero attached hydrogens (tertiary/aromatic N) is 1. The van der Waals surface area contributed by atoms with Crippen LogP contribution < -0.4 is 0 Å². The lowest BCUT2D eigenvalue weighted by Crippen LogP contribution is -2.03. The van der Waals surface area contributed by atoms with Crippen LogP contribution in [0.2, 0.25) is 0 Å². The van der Waals surface area contributed by atoms with E-state index in [-0.39, 0.29) is 5.92 Å². The molecule has 0 aromatic carbocycles. The molecule has 1 aromatic rings. The lowest BCUT2D eigenvalue weighted by atomic mass is 10.1. The Balaban J connectivity index is 2.76. The van der Waals surface area contributed by atoms with Gasteiger partial charge in [-0.2, -0.15) is 13.2 Å². The Hall–Kier alpha value is -0.100. The standard InChI is InChI=1S/C9H11BrF3NS/c1-5(3-6(2)10)7-4-14-8(15-7)9(11,12)13/h4-6H,3H2,1-2H3. The summed E-state index contributed by atoms with van der Waals surface area (Å²) in [5.41, 5.74) is 0. The van der Waals surface area contributed by atoms with Gasteiger partial charge in [-0.3, -0.25) is 0 Å².